The molecule has 0 aromatic heterocycles. The fraction of sp³-hybridized carbons (Fsp3) is 0.588. The Morgan fingerprint density at radius 3 is 2.32 bits per heavy atom. The van der Waals surface area contributed by atoms with Gasteiger partial charge in [-0.3, -0.25) is 4.57 Å². The summed E-state index contributed by atoms with van der Waals surface area (Å²) in [6.07, 6.45) is -0.395. The molecule has 25 heavy (non-hydrogen) atoms. The number of nitrogens with one attached hydrogen (secondary N) is 1. The van der Waals surface area contributed by atoms with E-state index in [1.54, 1.807) is 39.8 Å². The lowest BCUT2D eigenvalue weighted by atomic mass is 10.1. The first kappa shape index (κ1) is 21.6. The number of alkyl carbamates (subject to hydrolysis) is 1. The summed E-state index contributed by atoms with van der Waals surface area (Å²) < 4.78 is 22.3. The van der Waals surface area contributed by atoms with Crippen LogP contribution in [-0.4, -0.2) is 27.8 Å². The van der Waals surface area contributed by atoms with E-state index in [0.29, 0.717) is 6.42 Å². The molecule has 0 fully saturated rings. The Morgan fingerprint density at radius 2 is 1.84 bits per heavy atom. The molecule has 3 N–H and O–H groups in total. The number of carbonyl (C=O) groups excluding carboxylic acids is 1. The zero-order valence-corrected chi connectivity index (χ0v) is 16.2. The highest BCUT2D eigenvalue weighted by molar-refractivity contribution is 7.53. The van der Waals surface area contributed by atoms with Crippen molar-refractivity contribution in [3.8, 4) is 0 Å². The van der Waals surface area contributed by atoms with Gasteiger partial charge in [0.2, 0.25) is 0 Å². The largest absolute Gasteiger partial charge is 0.444 e. The summed E-state index contributed by atoms with van der Waals surface area (Å²) in [4.78, 5) is 21.5. The number of aliphatic hydroxyl groups is 1. The van der Waals surface area contributed by atoms with E-state index in [9.17, 15) is 19.4 Å². The van der Waals surface area contributed by atoms with Gasteiger partial charge in [-0.25, -0.2) is 4.79 Å². The van der Waals surface area contributed by atoms with Crippen LogP contribution in [0.4, 0.5) is 4.79 Å². The maximum Gasteiger partial charge on any atom is 0.407 e. The summed E-state index contributed by atoms with van der Waals surface area (Å²) in [5.74, 6) is -1.62. The van der Waals surface area contributed by atoms with Crippen molar-refractivity contribution in [1.29, 1.82) is 0 Å². The van der Waals surface area contributed by atoms with Gasteiger partial charge in [-0.05, 0) is 45.2 Å². The van der Waals surface area contributed by atoms with Crippen molar-refractivity contribution >= 4 is 13.7 Å². The maximum absolute atomic E-state index is 12.1. The van der Waals surface area contributed by atoms with Crippen LogP contribution in [0.3, 0.4) is 0 Å². The first-order chi connectivity index (χ1) is 11.4. The molecule has 1 aromatic rings. The summed E-state index contributed by atoms with van der Waals surface area (Å²) in [5, 5.41) is 12.7. The predicted octanol–water partition coefficient (Wildman–Crippen LogP) is 3.70. The van der Waals surface area contributed by atoms with E-state index < -0.39 is 31.2 Å². The average molecular weight is 373 g/mol. The minimum atomic E-state index is -4.18. The Morgan fingerprint density at radius 1 is 1.28 bits per heavy atom. The summed E-state index contributed by atoms with van der Waals surface area (Å²) >= 11 is 0. The smallest absolute Gasteiger partial charge is 0.407 e. The molecule has 8 heteroatoms. The third kappa shape index (κ3) is 7.57. The quantitative estimate of drug-likeness (QED) is 0.630. The van der Waals surface area contributed by atoms with Gasteiger partial charge >= 0.3 is 13.7 Å². The Hall–Kier alpha value is -1.40. The van der Waals surface area contributed by atoms with Crippen LogP contribution in [0, 0.1) is 0 Å². The van der Waals surface area contributed by atoms with Gasteiger partial charge < -0.3 is 24.6 Å². The normalized spacial score (nSPS) is 16.6. The van der Waals surface area contributed by atoms with Gasteiger partial charge in [0.1, 0.15) is 5.60 Å². The molecule has 1 rings (SSSR count). The molecular weight excluding hydrogens is 345 g/mol. The number of aliphatic hydroxyl groups excluding tert-OH is 1. The van der Waals surface area contributed by atoms with Crippen LogP contribution in [0.15, 0.2) is 24.3 Å². The van der Waals surface area contributed by atoms with Crippen LogP contribution in [0.25, 0.3) is 0 Å². The molecule has 1 aromatic carbocycles. The average Bonchev–Trinajstić information content (AvgIpc) is 2.50. The topological polar surface area (TPSA) is 105 Å². The molecule has 142 valence electrons. The van der Waals surface area contributed by atoms with Crippen molar-refractivity contribution < 1.29 is 28.6 Å². The van der Waals surface area contributed by atoms with Gasteiger partial charge in [0.15, 0.2) is 5.85 Å². The van der Waals surface area contributed by atoms with Crippen molar-refractivity contribution in [3.05, 3.63) is 35.4 Å². The third-order valence-electron chi connectivity index (χ3n) is 3.33. The molecule has 0 aliphatic carbocycles. The van der Waals surface area contributed by atoms with Crippen molar-refractivity contribution in [2.45, 2.75) is 65.1 Å². The van der Waals surface area contributed by atoms with E-state index in [-0.39, 0.29) is 12.1 Å². The van der Waals surface area contributed by atoms with E-state index in [1.807, 2.05) is 6.92 Å². The SMILES string of the molecule is CCC(C)OP(=O)(O)C(O)c1ccc(CNC(=O)OC(C)(C)C)cc1. The lowest BCUT2D eigenvalue weighted by molar-refractivity contribution is 0.0523. The van der Waals surface area contributed by atoms with Gasteiger partial charge in [-0.15, -0.1) is 0 Å². The maximum atomic E-state index is 12.1. The van der Waals surface area contributed by atoms with Crippen LogP contribution in [-0.2, 0) is 20.4 Å². The van der Waals surface area contributed by atoms with Crippen molar-refractivity contribution in [2.24, 2.45) is 0 Å². The number of benzene rings is 1. The molecule has 7 nitrogen and oxygen atoms in total. The second-order valence-corrected chi connectivity index (χ2v) is 8.69. The molecule has 3 atom stereocenters. The molecule has 3 unspecified atom stereocenters. The third-order valence-corrected chi connectivity index (χ3v) is 4.91. The highest BCUT2D eigenvalue weighted by Gasteiger charge is 2.33. The lowest BCUT2D eigenvalue weighted by Gasteiger charge is -2.22. The molecule has 0 radical (unpaired) electrons. The highest BCUT2D eigenvalue weighted by atomic mass is 31.2. The van der Waals surface area contributed by atoms with Crippen molar-refractivity contribution in [2.75, 3.05) is 0 Å². The zero-order valence-electron chi connectivity index (χ0n) is 15.4. The molecule has 0 spiro atoms. The standard InChI is InChI=1S/C17H28NO6P/c1-6-12(2)24-25(21,22)15(19)14-9-7-13(8-10-14)11-18-16(20)23-17(3,4)5/h7-10,12,15,19H,6,11H2,1-5H3,(H,18,20)(H,21,22). The summed E-state index contributed by atoms with van der Waals surface area (Å²) in [7, 11) is -4.18. The second-order valence-electron chi connectivity index (χ2n) is 6.86. The van der Waals surface area contributed by atoms with Crippen LogP contribution < -0.4 is 5.32 Å². The second kappa shape index (κ2) is 8.81. The van der Waals surface area contributed by atoms with Gasteiger partial charge in [0, 0.05) is 6.54 Å². The minimum Gasteiger partial charge on any atom is -0.444 e. The number of ether oxygens (including phenoxy) is 1. The first-order valence-corrected chi connectivity index (χ1v) is 9.84. The molecule has 0 bridgehead atoms. The van der Waals surface area contributed by atoms with E-state index in [4.69, 9.17) is 9.26 Å². The van der Waals surface area contributed by atoms with Gasteiger partial charge in [0.25, 0.3) is 0 Å². The monoisotopic (exact) mass is 373 g/mol. The van der Waals surface area contributed by atoms with Gasteiger partial charge in [-0.1, -0.05) is 31.2 Å². The number of amides is 1. The lowest BCUT2D eigenvalue weighted by Crippen LogP contribution is -2.32. The minimum absolute atomic E-state index is 0.242. The van der Waals surface area contributed by atoms with Gasteiger partial charge in [-0.2, -0.15) is 0 Å². The fourth-order valence-electron chi connectivity index (χ4n) is 1.87. The molecule has 0 saturated heterocycles. The molecule has 0 heterocycles. The first-order valence-electron chi connectivity index (χ1n) is 8.19. The van der Waals surface area contributed by atoms with E-state index >= 15 is 0 Å². The summed E-state index contributed by atoms with van der Waals surface area (Å²) in [6.45, 7) is 9.06. The predicted molar refractivity (Wildman–Crippen MR) is 95.1 cm³/mol. The Balaban J connectivity index is 2.66. The molecular formula is C17H28NO6P. The molecule has 0 aliphatic rings. The van der Waals surface area contributed by atoms with Crippen LogP contribution in [0.2, 0.25) is 0 Å². The van der Waals surface area contributed by atoms with Gasteiger partial charge in [0.05, 0.1) is 6.10 Å². The summed E-state index contributed by atoms with van der Waals surface area (Å²) in [6, 6.07) is 6.36. The van der Waals surface area contributed by atoms with Crippen molar-refractivity contribution in [3.63, 3.8) is 0 Å². The summed E-state index contributed by atoms with van der Waals surface area (Å²) in [5.41, 5.74) is 0.461. The van der Waals surface area contributed by atoms with Crippen molar-refractivity contribution in [1.82, 2.24) is 5.32 Å². The van der Waals surface area contributed by atoms with E-state index in [1.165, 1.54) is 12.1 Å². The molecule has 0 saturated carbocycles. The Kier molecular flexibility index (Phi) is 7.62. The number of hydrogen-bond donors (Lipinski definition) is 3. The Labute approximate surface area is 148 Å². The number of carbonyl (C=O) groups is 1. The molecule has 1 amide bonds. The van der Waals surface area contributed by atoms with E-state index in [2.05, 4.69) is 5.32 Å². The van der Waals surface area contributed by atoms with E-state index in [0.717, 1.165) is 5.56 Å². The number of rotatable bonds is 7. The van der Waals surface area contributed by atoms with Crippen LogP contribution >= 0.6 is 7.60 Å². The number of hydrogen-bond acceptors (Lipinski definition) is 5. The van der Waals surface area contributed by atoms with Crippen LogP contribution in [0.1, 0.15) is 58.0 Å². The molecule has 0 aliphatic heterocycles. The Bertz CT molecular complexity index is 611. The van der Waals surface area contributed by atoms with Crippen LogP contribution in [0.5, 0.6) is 0 Å². The highest BCUT2D eigenvalue weighted by Crippen LogP contribution is 2.55. The zero-order chi connectivity index (χ0) is 19.3. The fourth-order valence-corrected chi connectivity index (χ4v) is 3.20.